The van der Waals surface area contributed by atoms with Crippen LogP contribution in [0.5, 0.6) is 0 Å². The molecule has 2 rings (SSSR count). The number of rotatable bonds is 7. The average Bonchev–Trinajstić information content (AvgIpc) is 3.06. The molecule has 0 spiro atoms. The Morgan fingerprint density at radius 1 is 1.24 bits per heavy atom. The van der Waals surface area contributed by atoms with Gasteiger partial charge in [-0.1, -0.05) is 23.7 Å². The maximum absolute atomic E-state index is 13.5. The van der Waals surface area contributed by atoms with E-state index in [1.165, 1.54) is 19.4 Å². The number of alkyl halides is 3. The Kier molecular flexibility index (Phi) is 9.69. The lowest BCUT2D eigenvalue weighted by Gasteiger charge is -2.30. The quantitative estimate of drug-likeness (QED) is 0.283. The van der Waals surface area contributed by atoms with Crippen LogP contribution in [0.4, 0.5) is 13.2 Å². The summed E-state index contributed by atoms with van der Waals surface area (Å²) < 4.78 is 41.8. The van der Waals surface area contributed by atoms with Crippen LogP contribution in [0, 0.1) is 0 Å². The number of hydrogen-bond donors (Lipinski definition) is 3. The molecule has 0 saturated carbocycles. The van der Waals surface area contributed by atoms with E-state index in [1.54, 1.807) is 12.1 Å². The molecule has 1 heterocycles. The first kappa shape index (κ1) is 25.5. The Morgan fingerprint density at radius 3 is 2.41 bits per heavy atom. The van der Waals surface area contributed by atoms with E-state index in [1.807, 2.05) is 19.1 Å². The molecule has 0 aliphatic rings. The van der Waals surface area contributed by atoms with Crippen LogP contribution in [0.15, 0.2) is 41.7 Å². The average molecular weight is 546 g/mol. The summed E-state index contributed by atoms with van der Waals surface area (Å²) in [6, 6.07) is 7.11. The second-order valence-corrected chi connectivity index (χ2v) is 6.65. The minimum absolute atomic E-state index is 0. The number of aromatic nitrogens is 2. The predicted octanol–water partition coefficient (Wildman–Crippen LogP) is 3.59. The van der Waals surface area contributed by atoms with Crippen LogP contribution in [0.3, 0.4) is 0 Å². The molecule has 162 valence electrons. The SMILES string of the molecule is CCNC(=NCc1ccc(Cl)cc1)NCCC(O)(c1nccn1C)C(F)(F)F.I. The van der Waals surface area contributed by atoms with Gasteiger partial charge in [-0.05, 0) is 24.6 Å². The summed E-state index contributed by atoms with van der Waals surface area (Å²) in [6.45, 7) is 2.56. The molecule has 0 bridgehead atoms. The van der Waals surface area contributed by atoms with Gasteiger partial charge in [0.15, 0.2) is 5.96 Å². The minimum Gasteiger partial charge on any atom is -0.374 e. The monoisotopic (exact) mass is 545 g/mol. The molecule has 1 aromatic carbocycles. The van der Waals surface area contributed by atoms with Gasteiger partial charge in [0.05, 0.1) is 6.54 Å². The van der Waals surface area contributed by atoms with E-state index in [-0.39, 0.29) is 30.5 Å². The van der Waals surface area contributed by atoms with Gasteiger partial charge in [-0.2, -0.15) is 13.2 Å². The van der Waals surface area contributed by atoms with Crippen LogP contribution in [-0.2, 0) is 19.2 Å². The summed E-state index contributed by atoms with van der Waals surface area (Å²) in [5.74, 6) is -0.105. The van der Waals surface area contributed by atoms with Crippen LogP contribution < -0.4 is 10.6 Å². The van der Waals surface area contributed by atoms with Crippen molar-refractivity contribution in [1.29, 1.82) is 0 Å². The van der Waals surface area contributed by atoms with Gasteiger partial charge in [0.25, 0.3) is 0 Å². The summed E-state index contributed by atoms with van der Waals surface area (Å²) in [7, 11) is 1.41. The fourth-order valence-corrected chi connectivity index (χ4v) is 2.73. The van der Waals surface area contributed by atoms with E-state index in [0.29, 0.717) is 24.1 Å². The molecule has 11 heteroatoms. The van der Waals surface area contributed by atoms with Gasteiger partial charge in [-0.15, -0.1) is 24.0 Å². The van der Waals surface area contributed by atoms with Crippen molar-refractivity contribution < 1.29 is 18.3 Å². The molecule has 3 N–H and O–H groups in total. The maximum atomic E-state index is 13.5. The van der Waals surface area contributed by atoms with Gasteiger partial charge in [0, 0.05) is 44.0 Å². The number of hydrogen-bond acceptors (Lipinski definition) is 3. The van der Waals surface area contributed by atoms with Crippen LogP contribution in [-0.4, -0.2) is 39.9 Å². The highest BCUT2D eigenvalue weighted by Gasteiger charge is 2.57. The first-order chi connectivity index (χ1) is 13.2. The highest BCUT2D eigenvalue weighted by atomic mass is 127. The molecule has 0 fully saturated rings. The largest absolute Gasteiger partial charge is 0.424 e. The second-order valence-electron chi connectivity index (χ2n) is 6.22. The second kappa shape index (κ2) is 11.0. The normalized spacial score (nSPS) is 14.1. The van der Waals surface area contributed by atoms with Crippen molar-refractivity contribution in [3.8, 4) is 0 Å². The molecule has 2 aromatic rings. The molecule has 1 aromatic heterocycles. The Morgan fingerprint density at radius 2 is 1.90 bits per heavy atom. The van der Waals surface area contributed by atoms with E-state index in [9.17, 15) is 18.3 Å². The van der Waals surface area contributed by atoms with E-state index < -0.39 is 24.0 Å². The molecular formula is C18H24ClF3IN5O. The lowest BCUT2D eigenvalue weighted by molar-refractivity contribution is -0.272. The topological polar surface area (TPSA) is 74.5 Å². The molecule has 29 heavy (non-hydrogen) atoms. The summed E-state index contributed by atoms with van der Waals surface area (Å²) in [4.78, 5) is 8.02. The van der Waals surface area contributed by atoms with E-state index in [4.69, 9.17) is 11.6 Å². The molecule has 1 unspecified atom stereocenters. The highest BCUT2D eigenvalue weighted by molar-refractivity contribution is 14.0. The van der Waals surface area contributed by atoms with Crippen molar-refractivity contribution >= 4 is 41.5 Å². The van der Waals surface area contributed by atoms with Gasteiger partial charge < -0.3 is 20.3 Å². The predicted molar refractivity (Wildman–Crippen MR) is 117 cm³/mol. The maximum Gasteiger partial charge on any atom is 0.424 e. The zero-order chi connectivity index (χ0) is 20.8. The van der Waals surface area contributed by atoms with Crippen LogP contribution in [0.25, 0.3) is 0 Å². The standard InChI is InChI=1S/C18H23ClF3N5O.HI/c1-3-23-16(26-12-13-4-6-14(19)7-5-13)25-9-8-17(28,18(20,21)22)15-24-10-11-27(15)2;/h4-7,10-11,28H,3,8-9,12H2,1-2H3,(H2,23,25,26);1H. The van der Waals surface area contributed by atoms with Crippen LogP contribution in [0.1, 0.15) is 24.7 Å². The fraction of sp³-hybridized carbons (Fsp3) is 0.444. The summed E-state index contributed by atoms with van der Waals surface area (Å²) in [5, 5.41) is 16.7. The number of nitrogens with zero attached hydrogens (tertiary/aromatic N) is 3. The number of aliphatic hydroxyl groups is 1. The molecule has 0 saturated heterocycles. The van der Waals surface area contributed by atoms with Crippen molar-refractivity contribution in [1.82, 2.24) is 20.2 Å². The number of halogens is 5. The van der Waals surface area contributed by atoms with Gasteiger partial charge >= 0.3 is 6.18 Å². The Bertz CT molecular complexity index is 798. The Balaban J connectivity index is 0.00000420. The first-order valence-electron chi connectivity index (χ1n) is 8.71. The third-order valence-corrected chi connectivity index (χ3v) is 4.37. The fourth-order valence-electron chi connectivity index (χ4n) is 2.61. The molecular weight excluding hydrogens is 522 g/mol. The van der Waals surface area contributed by atoms with Gasteiger partial charge in [-0.3, -0.25) is 0 Å². The van der Waals surface area contributed by atoms with Gasteiger partial charge in [0.2, 0.25) is 5.60 Å². The highest BCUT2D eigenvalue weighted by Crippen LogP contribution is 2.40. The number of aliphatic imine (C=N–C) groups is 1. The van der Waals surface area contributed by atoms with Crippen molar-refractivity contribution in [2.45, 2.75) is 31.7 Å². The molecule has 0 amide bonds. The minimum atomic E-state index is -4.87. The summed E-state index contributed by atoms with van der Waals surface area (Å²) in [5.41, 5.74) is -2.16. The number of aryl methyl sites for hydroxylation is 1. The summed E-state index contributed by atoms with van der Waals surface area (Å²) >= 11 is 5.84. The van der Waals surface area contributed by atoms with Gasteiger partial charge in [0.1, 0.15) is 5.82 Å². The van der Waals surface area contributed by atoms with Gasteiger partial charge in [-0.25, -0.2) is 9.98 Å². The Labute approximate surface area is 189 Å². The molecule has 6 nitrogen and oxygen atoms in total. The van der Waals surface area contributed by atoms with E-state index in [2.05, 4.69) is 20.6 Å². The lowest BCUT2D eigenvalue weighted by atomic mass is 9.97. The Hall–Kier alpha value is -1.53. The van der Waals surface area contributed by atoms with E-state index >= 15 is 0 Å². The van der Waals surface area contributed by atoms with Crippen LogP contribution >= 0.6 is 35.6 Å². The molecule has 0 radical (unpaired) electrons. The van der Waals surface area contributed by atoms with Crippen molar-refractivity contribution in [2.24, 2.45) is 12.0 Å². The number of nitrogens with one attached hydrogen (secondary N) is 2. The summed E-state index contributed by atoms with van der Waals surface area (Å²) in [6.07, 6.45) is -2.91. The smallest absolute Gasteiger partial charge is 0.374 e. The third kappa shape index (κ3) is 6.75. The number of guanidine groups is 1. The lowest BCUT2D eigenvalue weighted by Crippen LogP contribution is -2.47. The van der Waals surface area contributed by atoms with Crippen molar-refractivity contribution in [3.63, 3.8) is 0 Å². The molecule has 0 aliphatic heterocycles. The third-order valence-electron chi connectivity index (χ3n) is 4.12. The van der Waals surface area contributed by atoms with Crippen molar-refractivity contribution in [2.75, 3.05) is 13.1 Å². The zero-order valence-corrected chi connectivity index (χ0v) is 19.1. The van der Waals surface area contributed by atoms with Crippen LogP contribution in [0.2, 0.25) is 5.02 Å². The zero-order valence-electron chi connectivity index (χ0n) is 16.0. The molecule has 1 atom stereocenters. The number of imidazole rings is 1. The van der Waals surface area contributed by atoms with E-state index in [0.717, 1.165) is 10.1 Å². The first-order valence-corrected chi connectivity index (χ1v) is 9.08. The van der Waals surface area contributed by atoms with Crippen molar-refractivity contribution in [3.05, 3.63) is 53.1 Å². The number of benzene rings is 1. The molecule has 0 aliphatic carbocycles.